The van der Waals surface area contributed by atoms with E-state index in [1.807, 2.05) is 0 Å². The van der Waals surface area contributed by atoms with Crippen molar-refractivity contribution < 1.29 is 13.9 Å². The number of halogens is 3. The number of methoxy groups -OCH3 is 1. The SMILES string of the molecule is COC(C(=O)c1ccc(Br)c(Cl)c1F)C1CCCCC1. The molecule has 0 heterocycles. The molecule has 1 saturated carbocycles. The number of ketones is 1. The fraction of sp³-hybridized carbons (Fsp3) is 0.533. The Morgan fingerprint density at radius 1 is 1.40 bits per heavy atom. The molecule has 0 saturated heterocycles. The maximum Gasteiger partial charge on any atom is 0.194 e. The molecule has 1 aliphatic rings. The van der Waals surface area contributed by atoms with Crippen molar-refractivity contribution in [2.24, 2.45) is 5.92 Å². The highest BCUT2D eigenvalue weighted by molar-refractivity contribution is 9.10. The van der Waals surface area contributed by atoms with Gasteiger partial charge in [-0.1, -0.05) is 30.9 Å². The van der Waals surface area contributed by atoms with Crippen molar-refractivity contribution in [3.63, 3.8) is 0 Å². The second kappa shape index (κ2) is 7.01. The van der Waals surface area contributed by atoms with Gasteiger partial charge in [0.05, 0.1) is 10.6 Å². The third-order valence-electron chi connectivity index (χ3n) is 3.89. The van der Waals surface area contributed by atoms with E-state index in [9.17, 15) is 9.18 Å². The van der Waals surface area contributed by atoms with Crippen LogP contribution in [0.25, 0.3) is 0 Å². The summed E-state index contributed by atoms with van der Waals surface area (Å²) in [4.78, 5) is 12.5. The lowest BCUT2D eigenvalue weighted by Gasteiger charge is -2.28. The van der Waals surface area contributed by atoms with Gasteiger partial charge in [0.1, 0.15) is 6.10 Å². The smallest absolute Gasteiger partial charge is 0.194 e. The van der Waals surface area contributed by atoms with Crippen LogP contribution >= 0.6 is 27.5 Å². The molecule has 0 aliphatic heterocycles. The van der Waals surface area contributed by atoms with Crippen molar-refractivity contribution in [3.8, 4) is 0 Å². The Morgan fingerprint density at radius 2 is 2.05 bits per heavy atom. The molecule has 1 aromatic rings. The van der Waals surface area contributed by atoms with E-state index in [0.29, 0.717) is 4.47 Å². The number of ether oxygens (including phenoxy) is 1. The molecule has 1 atom stereocenters. The fourth-order valence-corrected chi connectivity index (χ4v) is 3.29. The molecule has 0 N–H and O–H groups in total. The zero-order chi connectivity index (χ0) is 14.7. The monoisotopic (exact) mass is 362 g/mol. The highest BCUT2D eigenvalue weighted by Gasteiger charge is 2.32. The van der Waals surface area contributed by atoms with Gasteiger partial charge in [0.15, 0.2) is 11.6 Å². The lowest BCUT2D eigenvalue weighted by molar-refractivity contribution is 0.0311. The molecule has 0 spiro atoms. The highest BCUT2D eigenvalue weighted by Crippen LogP contribution is 2.32. The van der Waals surface area contributed by atoms with Gasteiger partial charge < -0.3 is 4.74 Å². The first-order valence-corrected chi connectivity index (χ1v) is 7.94. The summed E-state index contributed by atoms with van der Waals surface area (Å²) in [5.41, 5.74) is 0.00984. The van der Waals surface area contributed by atoms with Crippen LogP contribution in [0.5, 0.6) is 0 Å². The van der Waals surface area contributed by atoms with E-state index in [2.05, 4.69) is 15.9 Å². The molecule has 1 fully saturated rings. The first-order valence-electron chi connectivity index (χ1n) is 6.76. The number of Topliss-reactive ketones (excluding diaryl/α,β-unsaturated/α-hetero) is 1. The molecule has 2 rings (SSSR count). The molecule has 0 radical (unpaired) electrons. The summed E-state index contributed by atoms with van der Waals surface area (Å²) in [6.07, 6.45) is 4.72. The van der Waals surface area contributed by atoms with Crippen molar-refractivity contribution >= 4 is 33.3 Å². The average molecular weight is 364 g/mol. The third kappa shape index (κ3) is 3.23. The summed E-state index contributed by atoms with van der Waals surface area (Å²) in [6, 6.07) is 3.05. The molecule has 2 nitrogen and oxygen atoms in total. The molecular formula is C15H17BrClFO2. The van der Waals surface area contributed by atoms with Gasteiger partial charge in [-0.25, -0.2) is 4.39 Å². The van der Waals surface area contributed by atoms with Gasteiger partial charge in [0.2, 0.25) is 0 Å². The van der Waals surface area contributed by atoms with Crippen LogP contribution in [0.1, 0.15) is 42.5 Å². The maximum atomic E-state index is 14.1. The van der Waals surface area contributed by atoms with Gasteiger partial charge >= 0.3 is 0 Å². The van der Waals surface area contributed by atoms with Crippen LogP contribution < -0.4 is 0 Å². The number of carbonyl (C=O) groups is 1. The quantitative estimate of drug-likeness (QED) is 0.554. The van der Waals surface area contributed by atoms with E-state index in [1.165, 1.54) is 19.6 Å². The highest BCUT2D eigenvalue weighted by atomic mass is 79.9. The van der Waals surface area contributed by atoms with Crippen molar-refractivity contribution in [2.45, 2.75) is 38.2 Å². The maximum absolute atomic E-state index is 14.1. The van der Waals surface area contributed by atoms with Crippen molar-refractivity contribution in [2.75, 3.05) is 7.11 Å². The Morgan fingerprint density at radius 3 is 2.65 bits per heavy atom. The number of carbonyl (C=O) groups excluding carboxylic acids is 1. The Bertz CT molecular complexity index is 501. The summed E-state index contributed by atoms with van der Waals surface area (Å²) in [5.74, 6) is -0.821. The molecule has 20 heavy (non-hydrogen) atoms. The second-order valence-electron chi connectivity index (χ2n) is 5.14. The molecule has 1 unspecified atom stereocenters. The van der Waals surface area contributed by atoms with E-state index in [-0.39, 0.29) is 22.3 Å². The molecule has 0 aromatic heterocycles. The predicted molar refractivity (Wildman–Crippen MR) is 80.8 cm³/mol. The zero-order valence-electron chi connectivity index (χ0n) is 11.3. The first kappa shape index (κ1) is 15.9. The third-order valence-corrected chi connectivity index (χ3v) is 5.15. The number of hydrogen-bond acceptors (Lipinski definition) is 2. The lowest BCUT2D eigenvalue weighted by Crippen LogP contribution is -2.33. The van der Waals surface area contributed by atoms with E-state index < -0.39 is 11.9 Å². The first-order chi connectivity index (χ1) is 9.56. The van der Waals surface area contributed by atoms with Crippen LogP contribution in [-0.4, -0.2) is 19.0 Å². The summed E-state index contributed by atoms with van der Waals surface area (Å²) in [6.45, 7) is 0. The van der Waals surface area contributed by atoms with Crippen LogP contribution in [0, 0.1) is 11.7 Å². The van der Waals surface area contributed by atoms with Crippen LogP contribution in [0.2, 0.25) is 5.02 Å². The second-order valence-corrected chi connectivity index (χ2v) is 6.37. The Kier molecular flexibility index (Phi) is 5.58. The van der Waals surface area contributed by atoms with Gasteiger partial charge in [-0.05, 0) is 46.8 Å². The summed E-state index contributed by atoms with van der Waals surface area (Å²) < 4.78 is 19.9. The van der Waals surface area contributed by atoms with Crippen LogP contribution in [0.3, 0.4) is 0 Å². The van der Waals surface area contributed by atoms with E-state index in [4.69, 9.17) is 16.3 Å². The Labute approximate surface area is 131 Å². The Balaban J connectivity index is 2.26. The number of hydrogen-bond donors (Lipinski definition) is 0. The summed E-state index contributed by atoms with van der Waals surface area (Å²) in [5, 5.41) is -0.0608. The molecule has 5 heteroatoms. The van der Waals surface area contributed by atoms with Gasteiger partial charge in [-0.2, -0.15) is 0 Å². The largest absolute Gasteiger partial charge is 0.373 e. The standard InChI is InChI=1S/C15H17BrClFO2/c1-20-15(9-5-3-2-4-6-9)14(19)10-7-8-11(16)12(17)13(10)18/h7-9,15H,2-6H2,1H3. The topological polar surface area (TPSA) is 26.3 Å². The summed E-state index contributed by atoms with van der Waals surface area (Å²) >= 11 is 8.99. The van der Waals surface area contributed by atoms with Crippen LogP contribution in [-0.2, 0) is 4.74 Å². The van der Waals surface area contributed by atoms with Crippen molar-refractivity contribution in [1.29, 1.82) is 0 Å². The number of rotatable bonds is 4. The zero-order valence-corrected chi connectivity index (χ0v) is 13.6. The summed E-state index contributed by atoms with van der Waals surface area (Å²) in [7, 11) is 1.51. The molecule has 0 bridgehead atoms. The van der Waals surface area contributed by atoms with Crippen molar-refractivity contribution in [3.05, 3.63) is 33.0 Å². The molecular weight excluding hydrogens is 347 g/mol. The van der Waals surface area contributed by atoms with Crippen LogP contribution in [0.15, 0.2) is 16.6 Å². The van der Waals surface area contributed by atoms with Gasteiger partial charge in [-0.3, -0.25) is 4.79 Å². The Hall–Kier alpha value is -0.450. The van der Waals surface area contributed by atoms with E-state index in [0.717, 1.165) is 25.7 Å². The predicted octanol–water partition coefficient (Wildman–Crippen LogP) is 5.02. The number of benzene rings is 1. The fourth-order valence-electron chi connectivity index (χ4n) is 2.82. The molecule has 1 aliphatic carbocycles. The molecule has 110 valence electrons. The van der Waals surface area contributed by atoms with Crippen molar-refractivity contribution in [1.82, 2.24) is 0 Å². The molecule has 1 aromatic carbocycles. The molecule has 0 amide bonds. The van der Waals surface area contributed by atoms with E-state index in [1.54, 1.807) is 6.07 Å². The van der Waals surface area contributed by atoms with Gasteiger partial charge in [0.25, 0.3) is 0 Å². The average Bonchev–Trinajstić information content (AvgIpc) is 2.47. The van der Waals surface area contributed by atoms with Gasteiger partial charge in [0, 0.05) is 11.6 Å². The van der Waals surface area contributed by atoms with Crippen LogP contribution in [0.4, 0.5) is 4.39 Å². The lowest BCUT2D eigenvalue weighted by atomic mass is 9.82. The van der Waals surface area contributed by atoms with Gasteiger partial charge in [-0.15, -0.1) is 0 Å². The normalized spacial score (nSPS) is 18.0. The van der Waals surface area contributed by atoms with E-state index >= 15 is 0 Å². The minimum Gasteiger partial charge on any atom is -0.373 e. The minimum absolute atomic E-state index is 0.00984. The minimum atomic E-state index is -0.677.